The molecule has 2 aromatic rings. The van der Waals surface area contributed by atoms with E-state index in [2.05, 4.69) is 43.3 Å². The summed E-state index contributed by atoms with van der Waals surface area (Å²) in [7, 11) is 0. The molecular weight excluding hydrogens is 378 g/mol. The van der Waals surface area contributed by atoms with Crippen LogP contribution in [0.4, 0.5) is 5.69 Å². The number of carbonyl (C=O) groups excluding carboxylic acids is 1. The van der Waals surface area contributed by atoms with Gasteiger partial charge in [-0.3, -0.25) is 9.69 Å². The molecule has 3 aliphatic rings. The molecule has 5 rings (SSSR count). The first-order valence-corrected chi connectivity index (χ1v) is 11.4. The maximum Gasteiger partial charge on any atom is 0.224 e. The number of hydrogen-bond donors (Lipinski definition) is 1. The lowest BCUT2D eigenvalue weighted by Gasteiger charge is -2.37. The zero-order valence-corrected chi connectivity index (χ0v) is 17.6. The molecule has 1 atom stereocenters. The van der Waals surface area contributed by atoms with Crippen LogP contribution in [-0.2, 0) is 4.79 Å². The molecule has 2 aliphatic heterocycles. The quantitative estimate of drug-likeness (QED) is 0.819. The van der Waals surface area contributed by atoms with Crippen molar-refractivity contribution in [2.75, 3.05) is 37.6 Å². The zero-order valence-electron chi connectivity index (χ0n) is 17.6. The van der Waals surface area contributed by atoms with Gasteiger partial charge in [0.05, 0.1) is 10.9 Å². The number of ether oxygens (including phenoxy) is 1. The predicted molar refractivity (Wildman–Crippen MR) is 117 cm³/mol. The lowest BCUT2D eigenvalue weighted by Crippen LogP contribution is -2.51. The van der Waals surface area contributed by atoms with Gasteiger partial charge in [0, 0.05) is 50.9 Å². The fourth-order valence-corrected chi connectivity index (χ4v) is 4.64. The van der Waals surface area contributed by atoms with Gasteiger partial charge in [0.2, 0.25) is 11.8 Å². The molecular formula is C23H31N5O2. The number of nitrogens with zero attached hydrogens (tertiary/aromatic N) is 4. The number of rotatable bonds is 5. The Morgan fingerprint density at radius 1 is 1.03 bits per heavy atom. The summed E-state index contributed by atoms with van der Waals surface area (Å²) >= 11 is 0. The lowest BCUT2D eigenvalue weighted by molar-refractivity contribution is -0.121. The molecule has 1 aliphatic carbocycles. The summed E-state index contributed by atoms with van der Waals surface area (Å²) < 4.78 is 6.11. The van der Waals surface area contributed by atoms with Crippen LogP contribution < -0.4 is 15.0 Å². The fraction of sp³-hybridized carbons (Fsp3) is 0.609. The lowest BCUT2D eigenvalue weighted by atomic mass is 9.96. The average Bonchev–Trinajstić information content (AvgIpc) is 2.94. The van der Waals surface area contributed by atoms with Crippen molar-refractivity contribution in [3.05, 3.63) is 24.5 Å². The predicted octanol–water partition coefficient (Wildman–Crippen LogP) is 2.74. The van der Waals surface area contributed by atoms with E-state index < -0.39 is 0 Å². The number of benzene rings is 1. The Morgan fingerprint density at radius 3 is 2.70 bits per heavy atom. The van der Waals surface area contributed by atoms with E-state index in [1.807, 2.05) is 0 Å². The third-order valence-electron chi connectivity index (χ3n) is 6.70. The van der Waals surface area contributed by atoms with Crippen LogP contribution >= 0.6 is 0 Å². The van der Waals surface area contributed by atoms with E-state index in [0.29, 0.717) is 24.4 Å². The molecule has 0 bridgehead atoms. The van der Waals surface area contributed by atoms with E-state index in [0.717, 1.165) is 75.7 Å². The highest BCUT2D eigenvalue weighted by Gasteiger charge is 2.24. The minimum absolute atomic E-state index is 0.217. The average molecular weight is 410 g/mol. The normalized spacial score (nSPS) is 23.7. The number of anilines is 1. The molecule has 30 heavy (non-hydrogen) atoms. The second-order valence-electron chi connectivity index (χ2n) is 8.85. The van der Waals surface area contributed by atoms with E-state index in [9.17, 15) is 4.79 Å². The van der Waals surface area contributed by atoms with Gasteiger partial charge >= 0.3 is 0 Å². The Hall–Kier alpha value is -2.41. The maximum atomic E-state index is 11.8. The molecule has 3 fully saturated rings. The van der Waals surface area contributed by atoms with Gasteiger partial charge in [-0.05, 0) is 50.3 Å². The van der Waals surface area contributed by atoms with Gasteiger partial charge in [-0.1, -0.05) is 6.42 Å². The molecule has 1 unspecified atom stereocenters. The minimum Gasteiger partial charge on any atom is -0.474 e. The molecule has 2 saturated heterocycles. The second kappa shape index (κ2) is 8.76. The van der Waals surface area contributed by atoms with Crippen molar-refractivity contribution in [3.63, 3.8) is 0 Å². The number of fused-ring (bicyclic) bond motifs is 1. The molecule has 1 aromatic carbocycles. The van der Waals surface area contributed by atoms with Gasteiger partial charge in [-0.15, -0.1) is 0 Å². The number of aromatic nitrogens is 2. The number of carbonyl (C=O) groups is 1. The molecule has 0 radical (unpaired) electrons. The molecule has 1 aromatic heterocycles. The Kier molecular flexibility index (Phi) is 5.71. The maximum absolute atomic E-state index is 11.8. The molecule has 160 valence electrons. The van der Waals surface area contributed by atoms with Crippen molar-refractivity contribution in [2.45, 2.75) is 57.1 Å². The van der Waals surface area contributed by atoms with Crippen LogP contribution in [0.25, 0.3) is 10.9 Å². The summed E-state index contributed by atoms with van der Waals surface area (Å²) in [6.07, 6.45) is 9.34. The van der Waals surface area contributed by atoms with Crippen molar-refractivity contribution in [1.82, 2.24) is 20.2 Å². The fourth-order valence-electron chi connectivity index (χ4n) is 4.64. The van der Waals surface area contributed by atoms with Crippen molar-refractivity contribution in [1.29, 1.82) is 0 Å². The largest absolute Gasteiger partial charge is 0.474 e. The number of amides is 1. The summed E-state index contributed by atoms with van der Waals surface area (Å²) in [6.45, 7) is 4.96. The Bertz CT molecular complexity index is 892. The standard InChI is InChI=1S/C23H31N5O2/c29-22-7-2-1-4-17(26-22)15-27-10-12-28(13-11-27)18-8-9-21-20(14-18)23(25-16-24-21)30-19-5-3-6-19/h8-9,14,16-17,19H,1-7,10-13,15H2,(H,26,29). The van der Waals surface area contributed by atoms with Crippen molar-refractivity contribution in [3.8, 4) is 5.88 Å². The second-order valence-corrected chi connectivity index (χ2v) is 8.85. The van der Waals surface area contributed by atoms with Gasteiger partial charge in [0.25, 0.3) is 0 Å². The van der Waals surface area contributed by atoms with Crippen molar-refractivity contribution < 1.29 is 9.53 Å². The summed E-state index contributed by atoms with van der Waals surface area (Å²) in [5.41, 5.74) is 2.14. The van der Waals surface area contributed by atoms with E-state index >= 15 is 0 Å². The summed E-state index contributed by atoms with van der Waals surface area (Å²) in [5.74, 6) is 0.934. The first-order chi connectivity index (χ1) is 14.7. The SMILES string of the molecule is O=C1CCCCC(CN2CCN(c3ccc4ncnc(OC5CCC5)c4c3)CC2)N1. The molecule has 7 nitrogen and oxygen atoms in total. The molecule has 1 amide bonds. The van der Waals surface area contributed by atoms with Crippen LogP contribution in [0, 0.1) is 0 Å². The van der Waals surface area contributed by atoms with Crippen LogP contribution in [0.2, 0.25) is 0 Å². The third kappa shape index (κ3) is 4.36. The van der Waals surface area contributed by atoms with Crippen LogP contribution in [0.5, 0.6) is 5.88 Å². The van der Waals surface area contributed by atoms with Gasteiger partial charge < -0.3 is 15.0 Å². The van der Waals surface area contributed by atoms with Crippen molar-refractivity contribution in [2.24, 2.45) is 0 Å². The highest BCUT2D eigenvalue weighted by atomic mass is 16.5. The van der Waals surface area contributed by atoms with Crippen molar-refractivity contribution >= 4 is 22.5 Å². The van der Waals surface area contributed by atoms with Gasteiger partial charge in [-0.25, -0.2) is 9.97 Å². The first kappa shape index (κ1) is 19.5. The molecule has 0 spiro atoms. The number of hydrogen-bond acceptors (Lipinski definition) is 6. The van der Waals surface area contributed by atoms with Gasteiger partial charge in [0.1, 0.15) is 12.4 Å². The Morgan fingerprint density at radius 2 is 1.90 bits per heavy atom. The number of piperazine rings is 1. The third-order valence-corrected chi connectivity index (χ3v) is 6.70. The minimum atomic E-state index is 0.217. The van der Waals surface area contributed by atoms with E-state index in [4.69, 9.17) is 4.74 Å². The van der Waals surface area contributed by atoms with E-state index in [1.54, 1.807) is 6.33 Å². The summed E-state index contributed by atoms with van der Waals surface area (Å²) in [4.78, 5) is 25.6. The van der Waals surface area contributed by atoms with Gasteiger partial charge in [-0.2, -0.15) is 0 Å². The van der Waals surface area contributed by atoms with Gasteiger partial charge in [0.15, 0.2) is 0 Å². The van der Waals surface area contributed by atoms with Crippen LogP contribution in [0.15, 0.2) is 24.5 Å². The van der Waals surface area contributed by atoms with Crippen LogP contribution in [0.3, 0.4) is 0 Å². The highest BCUT2D eigenvalue weighted by molar-refractivity contribution is 5.86. The Balaban J connectivity index is 1.23. The highest BCUT2D eigenvalue weighted by Crippen LogP contribution is 2.31. The smallest absolute Gasteiger partial charge is 0.224 e. The van der Waals surface area contributed by atoms with E-state index in [1.165, 1.54) is 12.1 Å². The summed E-state index contributed by atoms with van der Waals surface area (Å²) in [6, 6.07) is 6.72. The molecule has 1 N–H and O–H groups in total. The molecule has 7 heteroatoms. The number of nitrogens with one attached hydrogen (secondary N) is 1. The first-order valence-electron chi connectivity index (χ1n) is 11.4. The molecule has 1 saturated carbocycles. The van der Waals surface area contributed by atoms with E-state index in [-0.39, 0.29) is 5.91 Å². The van der Waals surface area contributed by atoms with Crippen LogP contribution in [-0.4, -0.2) is 65.6 Å². The van der Waals surface area contributed by atoms with Crippen LogP contribution in [0.1, 0.15) is 44.9 Å². The monoisotopic (exact) mass is 409 g/mol. The summed E-state index contributed by atoms with van der Waals surface area (Å²) in [5, 5.41) is 4.20. The molecule has 3 heterocycles. The topological polar surface area (TPSA) is 70.6 Å². The zero-order chi connectivity index (χ0) is 20.3. The Labute approximate surface area is 177 Å².